The fraction of sp³-hybridized carbons (Fsp3) is 0.667. The monoisotopic (exact) mass is 339 g/mol. The van der Waals surface area contributed by atoms with Crippen molar-refractivity contribution in [2.75, 3.05) is 39.4 Å². The number of hydrogen-bond acceptors (Lipinski definition) is 6. The highest BCUT2D eigenvalue weighted by Gasteiger charge is 2.28. The molecule has 3 rings (SSSR count). The summed E-state index contributed by atoms with van der Waals surface area (Å²) in [6.45, 7) is 5.02. The van der Waals surface area contributed by atoms with Crippen LogP contribution < -0.4 is 0 Å². The van der Waals surface area contributed by atoms with Crippen LogP contribution in [0.2, 0.25) is 0 Å². The molecule has 0 saturated carbocycles. The first-order valence-electron chi connectivity index (χ1n) is 7.90. The number of rotatable bonds is 4. The highest BCUT2D eigenvalue weighted by molar-refractivity contribution is 7.09. The van der Waals surface area contributed by atoms with Gasteiger partial charge in [0.2, 0.25) is 0 Å². The van der Waals surface area contributed by atoms with Gasteiger partial charge in [0.05, 0.1) is 25.7 Å². The lowest BCUT2D eigenvalue weighted by atomic mass is 9.97. The Morgan fingerprint density at radius 2 is 1.96 bits per heavy atom. The third-order valence-corrected chi connectivity index (χ3v) is 5.20. The number of thiazole rings is 1. The van der Waals surface area contributed by atoms with Gasteiger partial charge in [-0.3, -0.25) is 14.5 Å². The molecule has 2 fully saturated rings. The zero-order valence-corrected chi connectivity index (χ0v) is 13.8. The zero-order chi connectivity index (χ0) is 16.2. The van der Waals surface area contributed by atoms with Crippen LogP contribution in [0, 0.1) is 5.92 Å². The summed E-state index contributed by atoms with van der Waals surface area (Å²) in [6.07, 6.45) is 1.04. The number of nitrogens with zero attached hydrogens (tertiary/aromatic N) is 3. The van der Waals surface area contributed by atoms with Crippen molar-refractivity contribution < 1.29 is 19.4 Å². The molecule has 23 heavy (non-hydrogen) atoms. The Kier molecular flexibility index (Phi) is 5.24. The SMILES string of the molecule is O=C(O)C1CCN(C(=O)c2csc(CN3CCOCC3)n2)CC1. The fourth-order valence-electron chi connectivity index (χ4n) is 2.92. The molecule has 0 unspecified atom stereocenters. The topological polar surface area (TPSA) is 83.0 Å². The minimum atomic E-state index is -0.765. The van der Waals surface area contributed by atoms with Gasteiger partial charge in [0, 0.05) is 31.6 Å². The van der Waals surface area contributed by atoms with Crippen molar-refractivity contribution in [2.24, 2.45) is 5.92 Å². The fourth-order valence-corrected chi connectivity index (χ4v) is 3.73. The largest absolute Gasteiger partial charge is 0.481 e. The van der Waals surface area contributed by atoms with Crippen molar-refractivity contribution in [2.45, 2.75) is 19.4 Å². The molecule has 1 aromatic rings. The van der Waals surface area contributed by atoms with Crippen LogP contribution in [-0.2, 0) is 16.1 Å². The summed E-state index contributed by atoms with van der Waals surface area (Å²) in [5.74, 6) is -1.18. The third-order valence-electron chi connectivity index (χ3n) is 4.36. The second-order valence-corrected chi connectivity index (χ2v) is 6.86. The van der Waals surface area contributed by atoms with E-state index in [0.29, 0.717) is 31.6 Å². The number of carbonyl (C=O) groups is 2. The maximum Gasteiger partial charge on any atom is 0.306 e. The number of aliphatic carboxylic acids is 1. The molecule has 0 aliphatic carbocycles. The van der Waals surface area contributed by atoms with E-state index in [4.69, 9.17) is 9.84 Å². The van der Waals surface area contributed by atoms with Gasteiger partial charge in [0.25, 0.3) is 5.91 Å². The van der Waals surface area contributed by atoms with Gasteiger partial charge in [-0.15, -0.1) is 11.3 Å². The minimum Gasteiger partial charge on any atom is -0.481 e. The predicted octanol–water partition coefficient (Wildman–Crippen LogP) is 0.912. The molecule has 2 aliphatic rings. The average Bonchev–Trinajstić information content (AvgIpc) is 3.03. The molecule has 2 saturated heterocycles. The van der Waals surface area contributed by atoms with E-state index in [0.717, 1.165) is 37.9 Å². The van der Waals surface area contributed by atoms with Crippen LogP contribution in [0.3, 0.4) is 0 Å². The van der Waals surface area contributed by atoms with E-state index in [1.807, 2.05) is 0 Å². The molecular formula is C15H21N3O4S. The number of ether oxygens (including phenoxy) is 1. The standard InChI is InChI=1S/C15H21N3O4S/c19-14(18-3-1-11(2-4-18)15(20)21)12-10-23-13(16-12)9-17-5-7-22-8-6-17/h10-11H,1-9H2,(H,20,21). The number of aromatic nitrogens is 1. The second-order valence-electron chi connectivity index (χ2n) is 5.92. The lowest BCUT2D eigenvalue weighted by Gasteiger charge is -2.29. The first-order chi connectivity index (χ1) is 11.1. The summed E-state index contributed by atoms with van der Waals surface area (Å²) in [5.41, 5.74) is 0.479. The summed E-state index contributed by atoms with van der Waals surface area (Å²) in [5, 5.41) is 11.8. The summed E-state index contributed by atoms with van der Waals surface area (Å²) >= 11 is 1.51. The number of piperidine rings is 1. The highest BCUT2D eigenvalue weighted by atomic mass is 32.1. The smallest absolute Gasteiger partial charge is 0.306 e. The van der Waals surface area contributed by atoms with E-state index in [1.165, 1.54) is 11.3 Å². The summed E-state index contributed by atoms with van der Waals surface area (Å²) in [4.78, 5) is 31.9. The van der Waals surface area contributed by atoms with Crippen LogP contribution in [0.5, 0.6) is 0 Å². The molecule has 7 nitrogen and oxygen atoms in total. The summed E-state index contributed by atoms with van der Waals surface area (Å²) < 4.78 is 5.32. The molecule has 1 N–H and O–H groups in total. The molecule has 0 aromatic carbocycles. The number of carbonyl (C=O) groups excluding carboxylic acids is 1. The normalized spacial score (nSPS) is 20.6. The van der Waals surface area contributed by atoms with Crippen molar-refractivity contribution >= 4 is 23.2 Å². The van der Waals surface area contributed by atoms with E-state index < -0.39 is 5.97 Å². The third kappa shape index (κ3) is 4.07. The van der Waals surface area contributed by atoms with E-state index in [9.17, 15) is 9.59 Å². The number of amides is 1. The van der Waals surface area contributed by atoms with Gasteiger partial charge in [-0.2, -0.15) is 0 Å². The van der Waals surface area contributed by atoms with Crippen LogP contribution in [0.1, 0.15) is 28.3 Å². The molecular weight excluding hydrogens is 318 g/mol. The molecule has 8 heteroatoms. The lowest BCUT2D eigenvalue weighted by Crippen LogP contribution is -2.40. The predicted molar refractivity (Wildman–Crippen MR) is 84.5 cm³/mol. The van der Waals surface area contributed by atoms with Gasteiger partial charge in [0.1, 0.15) is 10.7 Å². The zero-order valence-electron chi connectivity index (χ0n) is 12.9. The summed E-state index contributed by atoms with van der Waals surface area (Å²) in [6, 6.07) is 0. The molecule has 1 aromatic heterocycles. The number of carboxylic acid groups (broad SMARTS) is 1. The molecule has 0 bridgehead atoms. The van der Waals surface area contributed by atoms with Crippen molar-refractivity contribution in [1.82, 2.24) is 14.8 Å². The van der Waals surface area contributed by atoms with Crippen LogP contribution in [-0.4, -0.2) is 71.2 Å². The maximum atomic E-state index is 12.5. The first kappa shape index (κ1) is 16.4. The van der Waals surface area contributed by atoms with Crippen LogP contribution in [0.25, 0.3) is 0 Å². The van der Waals surface area contributed by atoms with E-state index >= 15 is 0 Å². The molecule has 3 heterocycles. The highest BCUT2D eigenvalue weighted by Crippen LogP contribution is 2.20. The van der Waals surface area contributed by atoms with E-state index in [1.54, 1.807) is 10.3 Å². The Labute approximate surface area is 138 Å². The van der Waals surface area contributed by atoms with Gasteiger partial charge in [-0.05, 0) is 12.8 Å². The van der Waals surface area contributed by atoms with Crippen molar-refractivity contribution in [3.63, 3.8) is 0 Å². The molecule has 0 atom stereocenters. The quantitative estimate of drug-likeness (QED) is 0.878. The Hall–Kier alpha value is -1.51. The Bertz CT molecular complexity index is 563. The summed E-state index contributed by atoms with van der Waals surface area (Å²) in [7, 11) is 0. The van der Waals surface area contributed by atoms with Gasteiger partial charge < -0.3 is 14.7 Å². The Morgan fingerprint density at radius 3 is 2.61 bits per heavy atom. The average molecular weight is 339 g/mol. The van der Waals surface area contributed by atoms with Crippen LogP contribution >= 0.6 is 11.3 Å². The van der Waals surface area contributed by atoms with Gasteiger partial charge in [-0.1, -0.05) is 0 Å². The molecule has 2 aliphatic heterocycles. The molecule has 126 valence electrons. The Balaban J connectivity index is 1.55. The van der Waals surface area contributed by atoms with Crippen LogP contribution in [0.15, 0.2) is 5.38 Å². The second kappa shape index (κ2) is 7.37. The van der Waals surface area contributed by atoms with Gasteiger partial charge in [-0.25, -0.2) is 4.98 Å². The number of likely N-dealkylation sites (tertiary alicyclic amines) is 1. The first-order valence-corrected chi connectivity index (χ1v) is 8.78. The van der Waals surface area contributed by atoms with Crippen LogP contribution in [0.4, 0.5) is 0 Å². The molecule has 1 amide bonds. The van der Waals surface area contributed by atoms with E-state index in [2.05, 4.69) is 9.88 Å². The van der Waals surface area contributed by atoms with Gasteiger partial charge >= 0.3 is 5.97 Å². The van der Waals surface area contributed by atoms with Gasteiger partial charge in [0.15, 0.2) is 0 Å². The van der Waals surface area contributed by atoms with Crippen molar-refractivity contribution in [3.05, 3.63) is 16.1 Å². The lowest BCUT2D eigenvalue weighted by molar-refractivity contribution is -0.143. The maximum absolute atomic E-state index is 12.5. The van der Waals surface area contributed by atoms with Crippen molar-refractivity contribution in [1.29, 1.82) is 0 Å². The van der Waals surface area contributed by atoms with E-state index in [-0.39, 0.29) is 11.8 Å². The number of hydrogen-bond donors (Lipinski definition) is 1. The Morgan fingerprint density at radius 1 is 1.26 bits per heavy atom. The number of carboxylic acids is 1. The minimum absolute atomic E-state index is 0.0849. The molecule has 0 radical (unpaired) electrons. The number of morpholine rings is 1. The molecule has 0 spiro atoms. The van der Waals surface area contributed by atoms with Crippen molar-refractivity contribution in [3.8, 4) is 0 Å².